The number of aryl methyl sites for hydroxylation is 1. The van der Waals surface area contributed by atoms with Crippen LogP contribution >= 0.6 is 15.9 Å². The van der Waals surface area contributed by atoms with Gasteiger partial charge < -0.3 is 5.73 Å². The lowest BCUT2D eigenvalue weighted by atomic mass is 10.2. The Balaban J connectivity index is 2.93. The summed E-state index contributed by atoms with van der Waals surface area (Å²) in [6, 6.07) is 3.98. The monoisotopic (exact) mass is 214 g/mol. The zero-order chi connectivity index (χ0) is 8.27. The van der Waals surface area contributed by atoms with Crippen molar-refractivity contribution in [2.75, 3.05) is 6.54 Å². The molecule has 0 atom stereocenters. The Hall–Kier alpha value is -0.410. The molecule has 0 aliphatic rings. The van der Waals surface area contributed by atoms with Crippen molar-refractivity contribution in [3.05, 3.63) is 28.0 Å². The average Bonchev–Trinajstić information content (AvgIpc) is 1.98. The van der Waals surface area contributed by atoms with Gasteiger partial charge in [0.05, 0.1) is 5.69 Å². The molecule has 0 aliphatic carbocycles. The second-order valence-electron chi connectivity index (χ2n) is 2.42. The maximum Gasteiger partial charge on any atom is 0.0561 e. The van der Waals surface area contributed by atoms with Crippen molar-refractivity contribution in [3.63, 3.8) is 0 Å². The second-order valence-corrected chi connectivity index (χ2v) is 3.27. The van der Waals surface area contributed by atoms with E-state index in [1.54, 1.807) is 0 Å². The summed E-state index contributed by atoms with van der Waals surface area (Å²) < 4.78 is 1.05. The van der Waals surface area contributed by atoms with Crippen LogP contribution in [0.5, 0.6) is 0 Å². The minimum atomic E-state index is 0.648. The Bertz CT molecular complexity index is 248. The van der Waals surface area contributed by atoms with Crippen LogP contribution in [-0.4, -0.2) is 11.5 Å². The molecule has 0 radical (unpaired) electrons. The first-order valence-electron chi connectivity index (χ1n) is 3.56. The van der Waals surface area contributed by atoms with E-state index in [1.807, 2.05) is 19.1 Å². The Morgan fingerprint density at radius 1 is 1.55 bits per heavy atom. The third kappa shape index (κ3) is 2.27. The highest BCUT2D eigenvalue weighted by molar-refractivity contribution is 9.10. The number of aromatic nitrogens is 1. The third-order valence-corrected chi connectivity index (χ3v) is 2.16. The summed E-state index contributed by atoms with van der Waals surface area (Å²) in [5.41, 5.74) is 7.51. The number of nitrogens with zero attached hydrogens (tertiary/aromatic N) is 1. The first kappa shape index (κ1) is 8.68. The predicted molar refractivity (Wildman–Crippen MR) is 49.4 cm³/mol. The summed E-state index contributed by atoms with van der Waals surface area (Å²) in [6.07, 6.45) is 0.836. The van der Waals surface area contributed by atoms with Gasteiger partial charge in [-0.1, -0.05) is 0 Å². The fourth-order valence-corrected chi connectivity index (χ4v) is 1.32. The molecule has 0 unspecified atom stereocenters. The van der Waals surface area contributed by atoms with Gasteiger partial charge in [0.25, 0.3) is 0 Å². The van der Waals surface area contributed by atoms with Crippen LogP contribution in [-0.2, 0) is 6.42 Å². The summed E-state index contributed by atoms with van der Waals surface area (Å²) in [4.78, 5) is 4.34. The van der Waals surface area contributed by atoms with Crippen LogP contribution in [0.4, 0.5) is 0 Å². The van der Waals surface area contributed by atoms with Crippen molar-refractivity contribution in [1.82, 2.24) is 4.98 Å². The zero-order valence-electron chi connectivity index (χ0n) is 6.47. The summed E-state index contributed by atoms with van der Waals surface area (Å²) in [7, 11) is 0. The van der Waals surface area contributed by atoms with Gasteiger partial charge in [-0.05, 0) is 41.5 Å². The largest absolute Gasteiger partial charge is 0.330 e. The van der Waals surface area contributed by atoms with E-state index >= 15 is 0 Å². The molecule has 1 heterocycles. The first-order chi connectivity index (χ1) is 5.24. The van der Waals surface area contributed by atoms with Crippen LogP contribution in [0.2, 0.25) is 0 Å². The third-order valence-electron chi connectivity index (χ3n) is 1.44. The number of hydrogen-bond donors (Lipinski definition) is 1. The predicted octanol–water partition coefficient (Wildman–Crippen LogP) is 1.65. The molecular formula is C8H11BrN2. The zero-order valence-corrected chi connectivity index (χ0v) is 8.06. The summed E-state index contributed by atoms with van der Waals surface area (Å²) in [5.74, 6) is 0. The average molecular weight is 215 g/mol. The van der Waals surface area contributed by atoms with Crippen molar-refractivity contribution in [3.8, 4) is 0 Å². The molecule has 1 aromatic rings. The standard InChI is InChI=1S/C8H11BrN2/c1-6-2-3-7(9)8(11-6)4-5-10/h2-3H,4-5,10H2,1H3. The molecule has 1 aromatic heterocycles. The van der Waals surface area contributed by atoms with Crippen molar-refractivity contribution < 1.29 is 0 Å². The maximum absolute atomic E-state index is 5.42. The van der Waals surface area contributed by atoms with Crippen LogP contribution in [0.25, 0.3) is 0 Å². The minimum absolute atomic E-state index is 0.648. The van der Waals surface area contributed by atoms with Gasteiger partial charge >= 0.3 is 0 Å². The highest BCUT2D eigenvalue weighted by Gasteiger charge is 1.99. The molecule has 3 heteroatoms. The van der Waals surface area contributed by atoms with E-state index in [-0.39, 0.29) is 0 Å². The molecule has 0 aromatic carbocycles. The van der Waals surface area contributed by atoms with Crippen LogP contribution in [0.1, 0.15) is 11.4 Å². The lowest BCUT2D eigenvalue weighted by molar-refractivity contribution is 0.905. The van der Waals surface area contributed by atoms with E-state index < -0.39 is 0 Å². The second kappa shape index (κ2) is 3.83. The van der Waals surface area contributed by atoms with Gasteiger partial charge in [0.1, 0.15) is 0 Å². The summed E-state index contributed by atoms with van der Waals surface area (Å²) in [6.45, 7) is 2.63. The fourth-order valence-electron chi connectivity index (χ4n) is 0.906. The lowest BCUT2D eigenvalue weighted by Gasteiger charge is -2.01. The number of rotatable bonds is 2. The molecule has 0 bridgehead atoms. The molecule has 2 nitrogen and oxygen atoms in total. The van der Waals surface area contributed by atoms with E-state index in [9.17, 15) is 0 Å². The van der Waals surface area contributed by atoms with Crippen LogP contribution in [0.3, 0.4) is 0 Å². The molecule has 11 heavy (non-hydrogen) atoms. The molecule has 0 aliphatic heterocycles. The van der Waals surface area contributed by atoms with E-state index in [4.69, 9.17) is 5.73 Å². The summed E-state index contributed by atoms with van der Waals surface area (Å²) in [5, 5.41) is 0. The SMILES string of the molecule is Cc1ccc(Br)c(CCN)n1. The Morgan fingerprint density at radius 2 is 2.27 bits per heavy atom. The lowest BCUT2D eigenvalue weighted by Crippen LogP contribution is -2.05. The van der Waals surface area contributed by atoms with E-state index in [2.05, 4.69) is 20.9 Å². The van der Waals surface area contributed by atoms with E-state index in [1.165, 1.54) is 0 Å². The number of nitrogens with two attached hydrogens (primary N) is 1. The van der Waals surface area contributed by atoms with Crippen molar-refractivity contribution in [2.45, 2.75) is 13.3 Å². The molecule has 0 saturated carbocycles. The van der Waals surface area contributed by atoms with Gasteiger partial charge in [-0.2, -0.15) is 0 Å². The van der Waals surface area contributed by atoms with Gasteiger partial charge in [0.2, 0.25) is 0 Å². The normalized spacial score (nSPS) is 10.1. The maximum atomic E-state index is 5.42. The van der Waals surface area contributed by atoms with E-state index in [0.717, 1.165) is 22.3 Å². The number of pyridine rings is 1. The molecule has 2 N–H and O–H groups in total. The smallest absolute Gasteiger partial charge is 0.0561 e. The van der Waals surface area contributed by atoms with Crippen LogP contribution in [0.15, 0.2) is 16.6 Å². The molecular weight excluding hydrogens is 204 g/mol. The molecule has 0 saturated heterocycles. The Kier molecular flexibility index (Phi) is 3.02. The number of halogens is 1. The highest BCUT2D eigenvalue weighted by Crippen LogP contribution is 2.14. The Morgan fingerprint density at radius 3 is 2.91 bits per heavy atom. The van der Waals surface area contributed by atoms with Crippen molar-refractivity contribution >= 4 is 15.9 Å². The Labute approximate surface area is 75.0 Å². The van der Waals surface area contributed by atoms with Crippen LogP contribution < -0.4 is 5.73 Å². The minimum Gasteiger partial charge on any atom is -0.330 e. The van der Waals surface area contributed by atoms with Crippen LogP contribution in [0, 0.1) is 6.92 Å². The number of hydrogen-bond acceptors (Lipinski definition) is 2. The quantitative estimate of drug-likeness (QED) is 0.814. The molecule has 1 rings (SSSR count). The van der Waals surface area contributed by atoms with Crippen molar-refractivity contribution in [2.24, 2.45) is 5.73 Å². The van der Waals surface area contributed by atoms with Gasteiger partial charge in [-0.25, -0.2) is 0 Å². The van der Waals surface area contributed by atoms with Gasteiger partial charge in [-0.3, -0.25) is 4.98 Å². The van der Waals surface area contributed by atoms with Gasteiger partial charge in [-0.15, -0.1) is 0 Å². The van der Waals surface area contributed by atoms with Crippen molar-refractivity contribution in [1.29, 1.82) is 0 Å². The topological polar surface area (TPSA) is 38.9 Å². The molecule has 60 valence electrons. The van der Waals surface area contributed by atoms with Gasteiger partial charge in [0.15, 0.2) is 0 Å². The molecule has 0 spiro atoms. The molecule has 0 amide bonds. The van der Waals surface area contributed by atoms with Gasteiger partial charge in [0, 0.05) is 16.6 Å². The molecule has 0 fully saturated rings. The first-order valence-corrected chi connectivity index (χ1v) is 4.35. The summed E-state index contributed by atoms with van der Waals surface area (Å²) >= 11 is 3.41. The van der Waals surface area contributed by atoms with E-state index in [0.29, 0.717) is 6.54 Å². The highest BCUT2D eigenvalue weighted by atomic mass is 79.9. The fraction of sp³-hybridized carbons (Fsp3) is 0.375.